The lowest BCUT2D eigenvalue weighted by atomic mass is 10.1. The number of aliphatic carboxylic acids is 1. The molecule has 0 radical (unpaired) electrons. The molecule has 0 bridgehead atoms. The van der Waals surface area contributed by atoms with Gasteiger partial charge < -0.3 is 10.0 Å². The maximum absolute atomic E-state index is 10.4. The highest BCUT2D eigenvalue weighted by molar-refractivity contribution is 8.00. The molecule has 1 aromatic carbocycles. The summed E-state index contributed by atoms with van der Waals surface area (Å²) in [5, 5.41) is 9.24. The van der Waals surface area contributed by atoms with E-state index in [0.29, 0.717) is 5.25 Å². The van der Waals surface area contributed by atoms with Gasteiger partial charge in [0, 0.05) is 35.9 Å². The molecule has 3 nitrogen and oxygen atoms in total. The number of nitrogens with zero attached hydrogens (tertiary/aromatic N) is 1. The van der Waals surface area contributed by atoms with Crippen molar-refractivity contribution in [3.63, 3.8) is 0 Å². The average molecular weight is 263 g/mol. The molecule has 1 aromatic rings. The summed E-state index contributed by atoms with van der Waals surface area (Å²) in [6.45, 7) is 4.41. The van der Waals surface area contributed by atoms with Gasteiger partial charge in [0.1, 0.15) is 0 Å². The smallest absolute Gasteiger partial charge is 0.328 e. The SMILES string of the molecule is CC1CN(c2ccc(/C=C/C(=O)O)cc2)CCS1. The van der Waals surface area contributed by atoms with Gasteiger partial charge >= 0.3 is 5.97 Å². The summed E-state index contributed by atoms with van der Waals surface area (Å²) in [7, 11) is 0. The van der Waals surface area contributed by atoms with E-state index in [-0.39, 0.29) is 0 Å². The Balaban J connectivity index is 2.05. The molecule has 1 N–H and O–H groups in total. The van der Waals surface area contributed by atoms with Crippen LogP contribution in [0.3, 0.4) is 0 Å². The Hall–Kier alpha value is -1.42. The molecule has 96 valence electrons. The van der Waals surface area contributed by atoms with E-state index in [1.165, 1.54) is 11.4 Å². The summed E-state index contributed by atoms with van der Waals surface area (Å²) in [6, 6.07) is 8.04. The van der Waals surface area contributed by atoms with Gasteiger partial charge in [-0.3, -0.25) is 0 Å². The van der Waals surface area contributed by atoms with Gasteiger partial charge in [0.25, 0.3) is 0 Å². The molecule has 1 saturated heterocycles. The highest BCUT2D eigenvalue weighted by Crippen LogP contribution is 2.24. The van der Waals surface area contributed by atoms with Crippen LogP contribution in [0.4, 0.5) is 5.69 Å². The zero-order chi connectivity index (χ0) is 13.0. The van der Waals surface area contributed by atoms with Crippen molar-refractivity contribution in [1.82, 2.24) is 0 Å². The van der Waals surface area contributed by atoms with Crippen molar-refractivity contribution in [1.29, 1.82) is 0 Å². The number of rotatable bonds is 3. The molecule has 0 amide bonds. The van der Waals surface area contributed by atoms with Gasteiger partial charge in [-0.05, 0) is 23.8 Å². The number of carboxylic acid groups (broad SMARTS) is 1. The maximum atomic E-state index is 10.4. The number of hydrogen-bond acceptors (Lipinski definition) is 3. The van der Waals surface area contributed by atoms with Gasteiger partial charge in [0.15, 0.2) is 0 Å². The molecule has 1 fully saturated rings. The molecule has 0 spiro atoms. The predicted molar refractivity (Wildman–Crippen MR) is 77.2 cm³/mol. The Labute approximate surface area is 111 Å². The molecule has 1 atom stereocenters. The Bertz CT molecular complexity index is 442. The van der Waals surface area contributed by atoms with E-state index in [1.54, 1.807) is 6.08 Å². The molecule has 2 rings (SSSR count). The van der Waals surface area contributed by atoms with Crippen LogP contribution >= 0.6 is 11.8 Å². The normalized spacial score (nSPS) is 20.3. The fraction of sp³-hybridized carbons (Fsp3) is 0.357. The third kappa shape index (κ3) is 3.53. The first-order valence-electron chi connectivity index (χ1n) is 6.03. The Kier molecular flexibility index (Phi) is 4.31. The Morgan fingerprint density at radius 2 is 2.17 bits per heavy atom. The zero-order valence-electron chi connectivity index (χ0n) is 10.4. The standard InChI is InChI=1S/C14H17NO2S/c1-11-10-15(8-9-18-11)13-5-2-12(3-6-13)4-7-14(16)17/h2-7,11H,8-10H2,1H3,(H,16,17)/b7-4+. The van der Waals surface area contributed by atoms with E-state index >= 15 is 0 Å². The number of hydrogen-bond donors (Lipinski definition) is 1. The summed E-state index contributed by atoms with van der Waals surface area (Å²) in [5.74, 6) is 0.253. The fourth-order valence-electron chi connectivity index (χ4n) is 2.02. The molecular weight excluding hydrogens is 246 g/mol. The monoisotopic (exact) mass is 263 g/mol. The summed E-state index contributed by atoms with van der Waals surface area (Å²) in [6.07, 6.45) is 2.77. The molecule has 1 heterocycles. The van der Waals surface area contributed by atoms with Gasteiger partial charge in [0.2, 0.25) is 0 Å². The van der Waals surface area contributed by atoms with Crippen LogP contribution in [0.2, 0.25) is 0 Å². The van der Waals surface area contributed by atoms with Crippen molar-refractivity contribution in [3.8, 4) is 0 Å². The van der Waals surface area contributed by atoms with E-state index in [9.17, 15) is 4.79 Å². The van der Waals surface area contributed by atoms with Crippen LogP contribution in [0.25, 0.3) is 6.08 Å². The van der Waals surface area contributed by atoms with Crippen LogP contribution in [0, 0.1) is 0 Å². The van der Waals surface area contributed by atoms with Gasteiger partial charge in [-0.2, -0.15) is 11.8 Å². The fourth-order valence-corrected chi connectivity index (χ4v) is 3.03. The summed E-state index contributed by atoms with van der Waals surface area (Å²) >= 11 is 2.01. The van der Waals surface area contributed by atoms with Gasteiger partial charge in [-0.1, -0.05) is 19.1 Å². The molecule has 1 aliphatic heterocycles. The minimum atomic E-state index is -0.916. The molecule has 1 aliphatic rings. The largest absolute Gasteiger partial charge is 0.478 e. The van der Waals surface area contributed by atoms with E-state index < -0.39 is 5.97 Å². The van der Waals surface area contributed by atoms with Crippen LogP contribution in [-0.4, -0.2) is 35.2 Å². The van der Waals surface area contributed by atoms with E-state index in [2.05, 4.69) is 24.0 Å². The summed E-state index contributed by atoms with van der Waals surface area (Å²) < 4.78 is 0. The lowest BCUT2D eigenvalue weighted by Gasteiger charge is -2.32. The van der Waals surface area contributed by atoms with Gasteiger partial charge in [0.05, 0.1) is 0 Å². The zero-order valence-corrected chi connectivity index (χ0v) is 11.2. The second kappa shape index (κ2) is 5.96. The van der Waals surface area contributed by atoms with Crippen molar-refractivity contribution in [3.05, 3.63) is 35.9 Å². The molecule has 0 saturated carbocycles. The summed E-state index contributed by atoms with van der Waals surface area (Å²) in [5.41, 5.74) is 2.13. The second-order valence-electron chi connectivity index (χ2n) is 4.39. The van der Waals surface area contributed by atoms with Crippen LogP contribution in [0.5, 0.6) is 0 Å². The van der Waals surface area contributed by atoms with Crippen molar-refractivity contribution in [2.45, 2.75) is 12.2 Å². The number of benzene rings is 1. The van der Waals surface area contributed by atoms with Crippen LogP contribution in [0.1, 0.15) is 12.5 Å². The molecule has 18 heavy (non-hydrogen) atoms. The first-order chi connectivity index (χ1) is 8.65. The van der Waals surface area contributed by atoms with Crippen molar-refractivity contribution < 1.29 is 9.90 Å². The van der Waals surface area contributed by atoms with E-state index in [0.717, 1.165) is 24.7 Å². The quantitative estimate of drug-likeness (QED) is 0.851. The lowest BCUT2D eigenvalue weighted by Crippen LogP contribution is -2.36. The molecule has 1 unspecified atom stereocenters. The average Bonchev–Trinajstić information content (AvgIpc) is 2.37. The number of thioether (sulfide) groups is 1. The Morgan fingerprint density at radius 3 is 2.78 bits per heavy atom. The number of anilines is 1. The molecular formula is C14H17NO2S. The molecule has 0 aromatic heterocycles. The highest BCUT2D eigenvalue weighted by atomic mass is 32.2. The minimum absolute atomic E-state index is 0.672. The van der Waals surface area contributed by atoms with Crippen molar-refractivity contribution >= 4 is 29.5 Å². The van der Waals surface area contributed by atoms with Gasteiger partial charge in [-0.15, -0.1) is 0 Å². The highest BCUT2D eigenvalue weighted by Gasteiger charge is 2.16. The lowest BCUT2D eigenvalue weighted by molar-refractivity contribution is -0.131. The maximum Gasteiger partial charge on any atom is 0.328 e. The third-order valence-electron chi connectivity index (χ3n) is 2.92. The minimum Gasteiger partial charge on any atom is -0.478 e. The van der Waals surface area contributed by atoms with Crippen molar-refractivity contribution in [2.75, 3.05) is 23.7 Å². The first-order valence-corrected chi connectivity index (χ1v) is 7.07. The predicted octanol–water partition coefficient (Wildman–Crippen LogP) is 2.73. The first kappa shape index (κ1) is 13.0. The van der Waals surface area contributed by atoms with Crippen LogP contribution in [-0.2, 0) is 4.79 Å². The van der Waals surface area contributed by atoms with E-state index in [4.69, 9.17) is 5.11 Å². The molecule has 0 aliphatic carbocycles. The van der Waals surface area contributed by atoms with Crippen LogP contribution < -0.4 is 4.90 Å². The molecule has 4 heteroatoms. The number of carboxylic acids is 1. The second-order valence-corrected chi connectivity index (χ2v) is 5.94. The number of carbonyl (C=O) groups is 1. The third-order valence-corrected chi connectivity index (χ3v) is 4.05. The Morgan fingerprint density at radius 1 is 1.44 bits per heavy atom. The van der Waals surface area contributed by atoms with E-state index in [1.807, 2.05) is 23.9 Å². The van der Waals surface area contributed by atoms with Gasteiger partial charge in [-0.25, -0.2) is 4.79 Å². The summed E-state index contributed by atoms with van der Waals surface area (Å²) in [4.78, 5) is 12.8. The van der Waals surface area contributed by atoms with Crippen LogP contribution in [0.15, 0.2) is 30.3 Å². The van der Waals surface area contributed by atoms with Crippen molar-refractivity contribution in [2.24, 2.45) is 0 Å². The topological polar surface area (TPSA) is 40.5 Å².